The summed E-state index contributed by atoms with van der Waals surface area (Å²) in [5.41, 5.74) is 0. The Morgan fingerprint density at radius 2 is 1.79 bits per heavy atom. The van der Waals surface area contributed by atoms with E-state index in [9.17, 15) is 39.1 Å². The van der Waals surface area contributed by atoms with Crippen LogP contribution in [0, 0.1) is 0 Å². The molecule has 0 aromatic heterocycles. The van der Waals surface area contributed by atoms with Gasteiger partial charge in [0.25, 0.3) is 0 Å². The van der Waals surface area contributed by atoms with Gasteiger partial charge in [-0.25, -0.2) is 4.18 Å². The van der Waals surface area contributed by atoms with Gasteiger partial charge in [0.15, 0.2) is 0 Å². The Bertz CT molecular complexity index is 488. The van der Waals surface area contributed by atoms with Gasteiger partial charge >= 0.3 is 10.4 Å². The van der Waals surface area contributed by atoms with E-state index in [0.29, 0.717) is 0 Å². The lowest BCUT2D eigenvalue weighted by molar-refractivity contribution is -0.102. The van der Waals surface area contributed by atoms with Crippen molar-refractivity contribution in [3.63, 3.8) is 0 Å². The van der Waals surface area contributed by atoms with E-state index >= 15 is 0 Å². The molecule has 1 aliphatic heterocycles. The fourth-order valence-electron chi connectivity index (χ4n) is 2.68. The van der Waals surface area contributed by atoms with Crippen molar-refractivity contribution in [1.82, 2.24) is 4.90 Å². The van der Waals surface area contributed by atoms with Gasteiger partial charge in [-0.15, -0.1) is 0 Å². The van der Waals surface area contributed by atoms with Crippen LogP contribution in [0.3, 0.4) is 0 Å². The Morgan fingerprint density at radius 3 is 2.25 bits per heavy atom. The molecule has 1 heterocycles. The number of rotatable bonds is 9. The topological polar surface area (TPSA) is 188 Å². The molecule has 1 rings (SSSR count). The molecular weight excluding hydrogens is 350 g/mol. The maximum Gasteiger partial charge on any atom is 0.397 e. The van der Waals surface area contributed by atoms with E-state index in [1.54, 1.807) is 0 Å². The lowest BCUT2D eigenvalue weighted by Gasteiger charge is -2.32. The van der Waals surface area contributed by atoms with E-state index in [1.165, 1.54) is 11.8 Å². The number of β-amino-alcohol motifs (C(OH)–C–C–N with tert-alkyl or cyclic N) is 2. The molecule has 0 aliphatic carbocycles. The van der Waals surface area contributed by atoms with Gasteiger partial charge in [0.1, 0.15) is 12.2 Å². The largest absolute Gasteiger partial charge is 0.397 e. The summed E-state index contributed by atoms with van der Waals surface area (Å²) < 4.78 is 34.9. The fourth-order valence-corrected chi connectivity index (χ4v) is 3.21. The van der Waals surface area contributed by atoms with Gasteiger partial charge < -0.3 is 30.6 Å². The Kier molecular flexibility index (Phi) is 7.93. The van der Waals surface area contributed by atoms with Crippen LogP contribution in [0.15, 0.2) is 0 Å². The number of hydrogen-bond acceptors (Lipinski definition) is 10. The highest BCUT2D eigenvalue weighted by molar-refractivity contribution is 7.80. The van der Waals surface area contributed by atoms with Crippen LogP contribution in [0.25, 0.3) is 0 Å². The summed E-state index contributed by atoms with van der Waals surface area (Å²) in [5, 5.41) is 58.3. The minimum Gasteiger partial charge on any atom is -0.395 e. The van der Waals surface area contributed by atoms with Crippen LogP contribution < -0.4 is 0 Å². The quantitative estimate of drug-likeness (QED) is 0.195. The minimum absolute atomic E-state index is 0.0274. The number of likely N-dealkylation sites (tertiary alicyclic amines) is 1. The van der Waals surface area contributed by atoms with Crippen LogP contribution in [-0.2, 0) is 14.6 Å². The third-order valence-electron chi connectivity index (χ3n) is 4.05. The number of hydrogen-bond donors (Lipinski definition) is 7. The second-order valence-corrected chi connectivity index (χ2v) is 6.83. The van der Waals surface area contributed by atoms with E-state index in [1.807, 2.05) is 0 Å². The van der Waals surface area contributed by atoms with Gasteiger partial charge in [0.05, 0.1) is 37.1 Å². The van der Waals surface area contributed by atoms with E-state index < -0.39 is 66.2 Å². The van der Waals surface area contributed by atoms with Gasteiger partial charge in [0.2, 0.25) is 0 Å². The zero-order chi connectivity index (χ0) is 18.7. The van der Waals surface area contributed by atoms with E-state index in [2.05, 4.69) is 4.18 Å². The Morgan fingerprint density at radius 1 is 1.21 bits per heavy atom. The first-order valence-corrected chi connectivity index (χ1v) is 8.79. The predicted octanol–water partition coefficient (Wildman–Crippen LogP) is -3.93. The van der Waals surface area contributed by atoms with Crippen LogP contribution in [-0.4, -0.2) is 111 Å². The molecule has 1 aliphatic rings. The zero-order valence-electron chi connectivity index (χ0n) is 13.1. The average Bonchev–Trinajstić information content (AvgIpc) is 2.76. The van der Waals surface area contributed by atoms with Crippen LogP contribution in [0.4, 0.5) is 0 Å². The molecule has 0 bridgehead atoms. The number of aliphatic hydroxyl groups excluding tert-OH is 6. The highest BCUT2D eigenvalue weighted by atomic mass is 32.3. The van der Waals surface area contributed by atoms with Gasteiger partial charge in [0, 0.05) is 13.1 Å². The molecule has 0 saturated carbocycles. The molecule has 0 amide bonds. The third-order valence-corrected chi connectivity index (χ3v) is 4.51. The van der Waals surface area contributed by atoms with Gasteiger partial charge in [-0.3, -0.25) is 9.45 Å². The summed E-state index contributed by atoms with van der Waals surface area (Å²) in [5.74, 6) is 0. The molecule has 144 valence electrons. The van der Waals surface area contributed by atoms with E-state index in [4.69, 9.17) is 4.55 Å². The molecule has 0 unspecified atom stereocenters. The van der Waals surface area contributed by atoms with E-state index in [-0.39, 0.29) is 13.0 Å². The summed E-state index contributed by atoms with van der Waals surface area (Å²) in [7, 11) is -5.03. The molecule has 0 spiro atoms. The Balaban J connectivity index is 2.89. The molecule has 12 heteroatoms. The first-order chi connectivity index (χ1) is 11.0. The average molecular weight is 375 g/mol. The lowest BCUT2D eigenvalue weighted by atomic mass is 10.0. The van der Waals surface area contributed by atoms with Crippen LogP contribution in [0.2, 0.25) is 0 Å². The standard InChI is InChI=1S/C12H25NO10S/c1-2-7(15)11(19)12(23-24(20,21)22)9(17)4-13-3-8(16)10(18)6(13)5-14/h6-12,14-19H,2-5H2,1H3,(H,20,21,22)/t6-,7+,8-,9-,10-,11-,12-/m1/s1. The molecule has 0 radical (unpaired) electrons. The van der Waals surface area contributed by atoms with Gasteiger partial charge in [-0.1, -0.05) is 6.92 Å². The molecule has 0 aromatic carbocycles. The number of nitrogens with zero attached hydrogens (tertiary/aromatic N) is 1. The second kappa shape index (κ2) is 8.80. The minimum atomic E-state index is -5.03. The van der Waals surface area contributed by atoms with Gasteiger partial charge in [-0.2, -0.15) is 8.42 Å². The molecule has 11 nitrogen and oxygen atoms in total. The zero-order valence-corrected chi connectivity index (χ0v) is 13.9. The molecule has 24 heavy (non-hydrogen) atoms. The van der Waals surface area contributed by atoms with Crippen molar-refractivity contribution in [3.8, 4) is 0 Å². The second-order valence-electron chi connectivity index (χ2n) is 5.78. The van der Waals surface area contributed by atoms with Crippen molar-refractivity contribution < 1.29 is 47.8 Å². The van der Waals surface area contributed by atoms with Crippen molar-refractivity contribution in [2.45, 2.75) is 56.0 Å². The SMILES string of the molecule is CC[C@H](O)[C@@H](O)[C@H](OS(=O)(=O)O)[C@H](O)CN1C[C@@H](O)[C@H](O)[C@H]1CO. The molecule has 7 atom stereocenters. The normalized spacial score (nSPS) is 30.9. The molecule has 1 saturated heterocycles. The van der Waals surface area contributed by atoms with Crippen molar-refractivity contribution in [2.24, 2.45) is 0 Å². The first kappa shape index (κ1) is 21.6. The molecule has 7 N–H and O–H groups in total. The molecule has 0 aromatic rings. The highest BCUT2D eigenvalue weighted by Crippen LogP contribution is 2.21. The van der Waals surface area contributed by atoms with Crippen molar-refractivity contribution in [1.29, 1.82) is 0 Å². The van der Waals surface area contributed by atoms with Crippen LogP contribution in [0.5, 0.6) is 0 Å². The maximum absolute atomic E-state index is 10.9. The lowest BCUT2D eigenvalue weighted by Crippen LogP contribution is -2.52. The maximum atomic E-state index is 10.9. The summed E-state index contributed by atoms with van der Waals surface area (Å²) in [6.07, 6.45) is -9.26. The summed E-state index contributed by atoms with van der Waals surface area (Å²) in [6.45, 7) is 0.455. The van der Waals surface area contributed by atoms with Crippen molar-refractivity contribution >= 4 is 10.4 Å². The third kappa shape index (κ3) is 5.56. The molecule has 1 fully saturated rings. The Labute approximate surface area is 139 Å². The van der Waals surface area contributed by atoms with Crippen molar-refractivity contribution in [3.05, 3.63) is 0 Å². The fraction of sp³-hybridized carbons (Fsp3) is 1.00. The van der Waals surface area contributed by atoms with Crippen LogP contribution in [0.1, 0.15) is 13.3 Å². The Hall–Kier alpha value is -0.410. The predicted molar refractivity (Wildman–Crippen MR) is 79.2 cm³/mol. The smallest absolute Gasteiger partial charge is 0.395 e. The highest BCUT2D eigenvalue weighted by Gasteiger charge is 2.43. The summed E-state index contributed by atoms with van der Waals surface area (Å²) in [4.78, 5) is 1.28. The van der Waals surface area contributed by atoms with E-state index in [0.717, 1.165) is 0 Å². The first-order valence-electron chi connectivity index (χ1n) is 7.42. The van der Waals surface area contributed by atoms with Gasteiger partial charge in [-0.05, 0) is 6.42 Å². The summed E-state index contributed by atoms with van der Waals surface area (Å²) >= 11 is 0. The van der Waals surface area contributed by atoms with Crippen LogP contribution >= 0.6 is 0 Å². The summed E-state index contributed by atoms with van der Waals surface area (Å²) in [6, 6.07) is -0.908. The van der Waals surface area contributed by atoms with Crippen molar-refractivity contribution in [2.75, 3.05) is 19.7 Å². The number of aliphatic hydroxyl groups is 6. The monoisotopic (exact) mass is 375 g/mol. The molecular formula is C12H25NO10S.